The Morgan fingerprint density at radius 3 is 2.35 bits per heavy atom. The number of nitrogens with one attached hydrogen (secondary N) is 2. The monoisotopic (exact) mass is 560 g/mol. The molecule has 0 unspecified atom stereocenters. The minimum Gasteiger partial charge on any atom is -0.506 e. The van der Waals surface area contributed by atoms with Crippen LogP contribution in [0, 0.1) is 5.92 Å². The van der Waals surface area contributed by atoms with E-state index in [1.54, 1.807) is 6.07 Å². The van der Waals surface area contributed by atoms with Gasteiger partial charge in [-0.2, -0.15) is 0 Å². The molecule has 1 atom stereocenters. The number of benzene rings is 1. The zero-order valence-corrected chi connectivity index (χ0v) is 20.6. The molecule has 0 spiro atoms. The molecule has 1 heterocycles. The van der Waals surface area contributed by atoms with Gasteiger partial charge in [0.15, 0.2) is 5.60 Å². The van der Waals surface area contributed by atoms with Gasteiger partial charge >= 0.3 is 25.0 Å². The van der Waals surface area contributed by atoms with Crippen molar-refractivity contribution in [3.05, 3.63) is 33.3 Å². The second kappa shape index (κ2) is 11.7. The highest BCUT2D eigenvalue weighted by atomic mass is 79.9. The van der Waals surface area contributed by atoms with Crippen LogP contribution in [0.15, 0.2) is 22.7 Å². The zero-order valence-electron chi connectivity index (χ0n) is 18.3. The molecule has 1 fully saturated rings. The van der Waals surface area contributed by atoms with Crippen LogP contribution in [0.2, 0.25) is 5.02 Å². The van der Waals surface area contributed by atoms with Crippen molar-refractivity contribution in [2.75, 3.05) is 6.54 Å². The molecule has 1 aromatic rings. The first-order valence-corrected chi connectivity index (χ1v) is 11.3. The van der Waals surface area contributed by atoms with Crippen molar-refractivity contribution in [1.82, 2.24) is 10.6 Å². The lowest BCUT2D eigenvalue weighted by molar-refractivity contribution is -0.157. The highest BCUT2D eigenvalue weighted by Gasteiger charge is 2.57. The van der Waals surface area contributed by atoms with Crippen molar-refractivity contribution < 1.29 is 43.5 Å². The van der Waals surface area contributed by atoms with Crippen molar-refractivity contribution in [3.63, 3.8) is 0 Å². The molecule has 1 saturated heterocycles. The fourth-order valence-electron chi connectivity index (χ4n) is 3.38. The molecule has 14 heteroatoms. The van der Waals surface area contributed by atoms with Crippen molar-refractivity contribution in [2.45, 2.75) is 44.7 Å². The Morgan fingerprint density at radius 2 is 1.79 bits per heavy atom. The molecule has 2 amide bonds. The summed E-state index contributed by atoms with van der Waals surface area (Å²) in [4.78, 5) is 59.8. The van der Waals surface area contributed by atoms with Crippen molar-refractivity contribution in [3.8, 4) is 0 Å². The molecular formula is C20H23BBrClN2O9. The maximum atomic E-state index is 12.5. The summed E-state index contributed by atoms with van der Waals surface area (Å²) < 4.78 is 11.3. The molecular weight excluding hydrogens is 538 g/mol. The fourth-order valence-corrected chi connectivity index (χ4v) is 3.95. The molecule has 1 aliphatic rings. The molecule has 0 radical (unpaired) electrons. The van der Waals surface area contributed by atoms with Crippen molar-refractivity contribution in [2.24, 2.45) is 5.92 Å². The molecule has 0 bridgehead atoms. The third kappa shape index (κ3) is 7.44. The Labute approximate surface area is 208 Å². The highest BCUT2D eigenvalue weighted by Crippen LogP contribution is 2.32. The van der Waals surface area contributed by atoms with Crippen LogP contribution in [0.5, 0.6) is 0 Å². The van der Waals surface area contributed by atoms with Gasteiger partial charge in [-0.15, -0.1) is 0 Å². The Hall–Kier alpha value is -2.64. The predicted octanol–water partition coefficient (Wildman–Crippen LogP) is 1.65. The first-order chi connectivity index (χ1) is 15.8. The van der Waals surface area contributed by atoms with Gasteiger partial charge in [-0.1, -0.05) is 41.4 Å². The Bertz CT molecular complexity index is 975. The summed E-state index contributed by atoms with van der Waals surface area (Å²) in [6.45, 7) is 3.22. The molecule has 0 saturated carbocycles. The zero-order chi connectivity index (χ0) is 25.6. The van der Waals surface area contributed by atoms with E-state index in [1.807, 2.05) is 13.8 Å². The molecule has 184 valence electrons. The highest BCUT2D eigenvalue weighted by molar-refractivity contribution is 9.10. The summed E-state index contributed by atoms with van der Waals surface area (Å²) in [5.41, 5.74) is -2.06. The van der Waals surface area contributed by atoms with Crippen LogP contribution in [-0.4, -0.2) is 65.1 Å². The summed E-state index contributed by atoms with van der Waals surface area (Å²) in [6.07, 6.45) is -1.58. The molecule has 11 nitrogen and oxygen atoms in total. The second-order valence-corrected chi connectivity index (χ2v) is 9.46. The Kier molecular flexibility index (Phi) is 9.48. The van der Waals surface area contributed by atoms with Crippen molar-refractivity contribution in [1.29, 1.82) is 0 Å². The minimum absolute atomic E-state index is 0.0170. The van der Waals surface area contributed by atoms with E-state index in [1.165, 1.54) is 12.1 Å². The predicted molar refractivity (Wildman–Crippen MR) is 123 cm³/mol. The van der Waals surface area contributed by atoms with E-state index in [0.717, 1.165) is 0 Å². The van der Waals surface area contributed by atoms with E-state index in [0.29, 0.717) is 4.47 Å². The molecule has 4 N–H and O–H groups in total. The van der Waals surface area contributed by atoms with Gasteiger partial charge in [-0.05, 0) is 30.5 Å². The van der Waals surface area contributed by atoms with Crippen LogP contribution in [0.4, 0.5) is 0 Å². The number of rotatable bonds is 11. The molecule has 1 aromatic carbocycles. The molecule has 0 aliphatic carbocycles. The SMILES string of the molecule is CC(C)C[C@H](NC(=O)CNC(=O)c1cc(Br)ccc1Cl)B1OC(=O)C(CC(=O)O)(CC(=O)O)O1. The average molecular weight is 562 g/mol. The molecule has 34 heavy (non-hydrogen) atoms. The number of aliphatic carboxylic acids is 2. The lowest BCUT2D eigenvalue weighted by atomic mass is 9.74. The topological polar surface area (TPSA) is 168 Å². The number of halogens is 2. The summed E-state index contributed by atoms with van der Waals surface area (Å²) >= 11 is 9.25. The number of carboxylic acid groups (broad SMARTS) is 2. The van der Waals surface area contributed by atoms with Crippen LogP contribution >= 0.6 is 27.5 Å². The maximum absolute atomic E-state index is 12.5. The number of amides is 2. The maximum Gasteiger partial charge on any atom is 0.552 e. The van der Waals surface area contributed by atoms with Crippen LogP contribution in [0.3, 0.4) is 0 Å². The summed E-state index contributed by atoms with van der Waals surface area (Å²) in [7, 11) is -1.41. The van der Waals surface area contributed by atoms with Gasteiger partial charge in [0.05, 0.1) is 35.9 Å². The number of hydrogen-bond donors (Lipinski definition) is 4. The number of hydrogen-bond acceptors (Lipinski definition) is 7. The molecule has 2 rings (SSSR count). The van der Waals surface area contributed by atoms with E-state index in [4.69, 9.17) is 31.1 Å². The van der Waals surface area contributed by atoms with Gasteiger partial charge < -0.3 is 30.2 Å². The molecule has 0 aromatic heterocycles. The Morgan fingerprint density at radius 1 is 1.18 bits per heavy atom. The van der Waals surface area contributed by atoms with Crippen LogP contribution in [-0.2, 0) is 28.5 Å². The third-order valence-electron chi connectivity index (χ3n) is 4.79. The standard InChI is InChI=1S/C20H23BBrClN2O9/c1-10(2)5-14(21-33-19(32)20(34-21,7-16(27)28)8-17(29)30)25-15(26)9-24-18(31)12-6-11(22)3-4-13(12)23/h3-4,6,10,14H,5,7-9H2,1-2H3,(H,24,31)(H,25,26)(H,27,28)(H,29,30)/t14-/m0/s1. The van der Waals surface area contributed by atoms with Gasteiger partial charge in [0.1, 0.15) is 0 Å². The normalized spacial score (nSPS) is 15.6. The fraction of sp³-hybridized carbons (Fsp3) is 0.450. The van der Waals surface area contributed by atoms with Gasteiger partial charge in [0.25, 0.3) is 5.91 Å². The third-order valence-corrected chi connectivity index (χ3v) is 5.62. The van der Waals surface area contributed by atoms with E-state index < -0.39 is 67.8 Å². The van der Waals surface area contributed by atoms with Crippen LogP contribution in [0.1, 0.15) is 43.5 Å². The largest absolute Gasteiger partial charge is 0.552 e. The van der Waals surface area contributed by atoms with Gasteiger partial charge in [-0.25, -0.2) is 0 Å². The van der Waals surface area contributed by atoms with Gasteiger partial charge in [0.2, 0.25) is 5.91 Å². The lowest BCUT2D eigenvalue weighted by Crippen LogP contribution is -2.51. The number of carbonyl (C=O) groups is 5. The minimum atomic E-state index is -2.21. The summed E-state index contributed by atoms with van der Waals surface area (Å²) in [6, 6.07) is 4.67. The van der Waals surface area contributed by atoms with E-state index in [2.05, 4.69) is 26.6 Å². The van der Waals surface area contributed by atoms with Gasteiger partial charge in [-0.3, -0.25) is 24.0 Å². The van der Waals surface area contributed by atoms with E-state index in [9.17, 15) is 24.0 Å². The van der Waals surface area contributed by atoms with Crippen LogP contribution in [0.25, 0.3) is 0 Å². The summed E-state index contributed by atoms with van der Waals surface area (Å²) in [5, 5.41) is 23.5. The van der Waals surface area contributed by atoms with E-state index >= 15 is 0 Å². The summed E-state index contributed by atoms with van der Waals surface area (Å²) in [5.74, 6) is -6.20. The smallest absolute Gasteiger partial charge is 0.506 e. The first kappa shape index (κ1) is 27.6. The number of carboxylic acids is 2. The van der Waals surface area contributed by atoms with E-state index in [-0.39, 0.29) is 22.9 Å². The van der Waals surface area contributed by atoms with Crippen LogP contribution < -0.4 is 10.6 Å². The second-order valence-electron chi connectivity index (χ2n) is 8.14. The molecule has 1 aliphatic heterocycles. The quantitative estimate of drug-likeness (QED) is 0.294. The number of carbonyl (C=O) groups excluding carboxylic acids is 3. The average Bonchev–Trinajstić information content (AvgIpc) is 3.01. The lowest BCUT2D eigenvalue weighted by Gasteiger charge is -2.24. The first-order valence-electron chi connectivity index (χ1n) is 10.2. The Balaban J connectivity index is 2.10. The van der Waals surface area contributed by atoms with Gasteiger partial charge in [0, 0.05) is 4.47 Å². The van der Waals surface area contributed by atoms with Crippen molar-refractivity contribution >= 4 is 64.4 Å².